The highest BCUT2D eigenvalue weighted by atomic mass is 32.2. The molecule has 0 heterocycles. The molecule has 0 saturated heterocycles. The lowest BCUT2D eigenvalue weighted by atomic mass is 10.2. The molecular weight excluding hydrogens is 255 g/mol. The van der Waals surface area contributed by atoms with Crippen molar-refractivity contribution in [3.05, 3.63) is 29.8 Å². The van der Waals surface area contributed by atoms with E-state index in [1.165, 1.54) is 12.1 Å². The van der Waals surface area contributed by atoms with Gasteiger partial charge in [0, 0.05) is 6.54 Å². The van der Waals surface area contributed by atoms with Crippen LogP contribution >= 0.6 is 0 Å². The molecule has 3 nitrogen and oxygen atoms in total. The van der Waals surface area contributed by atoms with Crippen LogP contribution in [0.5, 0.6) is 0 Å². The summed E-state index contributed by atoms with van der Waals surface area (Å²) in [6.07, 6.45) is -5.55. The Morgan fingerprint density at radius 1 is 1.18 bits per heavy atom. The molecule has 0 amide bonds. The van der Waals surface area contributed by atoms with E-state index in [1.807, 2.05) is 4.72 Å². The smallest absolute Gasteiger partial charge is 0.211 e. The minimum atomic E-state index is -4.37. The summed E-state index contributed by atoms with van der Waals surface area (Å²) in [6, 6.07) is 5.87. The minimum Gasteiger partial charge on any atom is -0.211 e. The quantitative estimate of drug-likeness (QED) is 0.909. The molecule has 0 unspecified atom stereocenters. The van der Waals surface area contributed by atoms with Gasteiger partial charge in [0.05, 0.1) is 11.3 Å². The summed E-state index contributed by atoms with van der Waals surface area (Å²) in [5.74, 6) is 0. The summed E-state index contributed by atoms with van der Waals surface area (Å²) in [6.45, 7) is 1.13. The molecule has 0 spiro atoms. The van der Waals surface area contributed by atoms with E-state index in [4.69, 9.17) is 0 Å². The molecule has 1 N–H and O–H groups in total. The summed E-state index contributed by atoms with van der Waals surface area (Å²) >= 11 is 0. The van der Waals surface area contributed by atoms with E-state index in [-0.39, 0.29) is 4.90 Å². The van der Waals surface area contributed by atoms with Crippen molar-refractivity contribution in [3.8, 4) is 0 Å². The van der Waals surface area contributed by atoms with E-state index < -0.39 is 29.2 Å². The van der Waals surface area contributed by atoms with Crippen molar-refractivity contribution < 1.29 is 21.6 Å². The van der Waals surface area contributed by atoms with Gasteiger partial charge in [-0.2, -0.15) is 13.2 Å². The van der Waals surface area contributed by atoms with Crippen molar-refractivity contribution in [1.82, 2.24) is 4.72 Å². The Bertz CT molecular complexity index is 465. The van der Waals surface area contributed by atoms with Crippen molar-refractivity contribution in [2.75, 3.05) is 6.54 Å². The van der Waals surface area contributed by atoms with E-state index in [0.717, 1.165) is 5.56 Å². The van der Waals surface area contributed by atoms with Gasteiger partial charge in [0.15, 0.2) is 0 Å². The lowest BCUT2D eigenvalue weighted by Gasteiger charge is -2.08. The van der Waals surface area contributed by atoms with Crippen LogP contribution in [0.3, 0.4) is 0 Å². The van der Waals surface area contributed by atoms with Crippen LogP contribution in [0.1, 0.15) is 12.0 Å². The van der Waals surface area contributed by atoms with Crippen LogP contribution in [0.25, 0.3) is 0 Å². The van der Waals surface area contributed by atoms with E-state index in [1.54, 1.807) is 19.1 Å². The summed E-state index contributed by atoms with van der Waals surface area (Å²) in [5, 5.41) is 0. The Hall–Kier alpha value is -1.08. The largest absolute Gasteiger partial charge is 0.390 e. The standard InChI is InChI=1S/C10H12F3NO2S/c1-8-2-4-9(5-3-8)17(15,16)14-7-6-10(11,12)13/h2-5,14H,6-7H2,1H3. The van der Waals surface area contributed by atoms with Crippen molar-refractivity contribution in [1.29, 1.82) is 0 Å². The molecule has 1 aromatic rings. The number of aryl methyl sites for hydroxylation is 1. The first-order valence-corrected chi connectivity index (χ1v) is 6.32. The van der Waals surface area contributed by atoms with E-state index in [9.17, 15) is 21.6 Å². The molecule has 0 fully saturated rings. The summed E-state index contributed by atoms with van der Waals surface area (Å²) < 4.78 is 60.6. The molecule has 17 heavy (non-hydrogen) atoms. The maximum atomic E-state index is 11.9. The lowest BCUT2D eigenvalue weighted by molar-refractivity contribution is -0.132. The average molecular weight is 267 g/mol. The van der Waals surface area contributed by atoms with Gasteiger partial charge in [-0.05, 0) is 19.1 Å². The average Bonchev–Trinajstić information content (AvgIpc) is 2.15. The molecular formula is C10H12F3NO2S. The second-order valence-corrected chi connectivity index (χ2v) is 5.34. The van der Waals surface area contributed by atoms with Crippen LogP contribution in [-0.4, -0.2) is 21.1 Å². The molecule has 1 aromatic carbocycles. The van der Waals surface area contributed by atoms with Gasteiger partial charge < -0.3 is 0 Å². The first-order chi connectivity index (χ1) is 7.71. The predicted molar refractivity (Wildman–Crippen MR) is 57.0 cm³/mol. The van der Waals surface area contributed by atoms with E-state index in [0.29, 0.717) is 0 Å². The zero-order valence-electron chi connectivity index (χ0n) is 9.08. The number of rotatable bonds is 4. The summed E-state index contributed by atoms with van der Waals surface area (Å²) in [7, 11) is -3.85. The Labute approximate surface area is 97.7 Å². The maximum absolute atomic E-state index is 11.9. The fourth-order valence-corrected chi connectivity index (χ4v) is 2.16. The van der Waals surface area contributed by atoms with Gasteiger partial charge in [0.25, 0.3) is 0 Å². The summed E-state index contributed by atoms with van der Waals surface area (Å²) in [4.78, 5) is -0.0368. The van der Waals surface area contributed by atoms with Crippen LogP contribution in [0.4, 0.5) is 13.2 Å². The summed E-state index contributed by atoms with van der Waals surface area (Å²) in [5.41, 5.74) is 0.874. The highest BCUT2D eigenvalue weighted by molar-refractivity contribution is 7.89. The van der Waals surface area contributed by atoms with Crippen molar-refractivity contribution in [2.45, 2.75) is 24.4 Å². The van der Waals surface area contributed by atoms with Crippen LogP contribution < -0.4 is 4.72 Å². The zero-order chi connectivity index (χ0) is 13.1. The second kappa shape index (κ2) is 5.05. The molecule has 0 atom stereocenters. The first kappa shape index (κ1) is 14.0. The Morgan fingerprint density at radius 3 is 2.18 bits per heavy atom. The molecule has 0 aliphatic carbocycles. The molecule has 0 aliphatic rings. The van der Waals surface area contributed by atoms with Gasteiger partial charge in [-0.1, -0.05) is 17.7 Å². The highest BCUT2D eigenvalue weighted by Crippen LogP contribution is 2.19. The number of sulfonamides is 1. The van der Waals surface area contributed by atoms with Crippen LogP contribution in [-0.2, 0) is 10.0 Å². The van der Waals surface area contributed by atoms with E-state index in [2.05, 4.69) is 0 Å². The number of hydrogen-bond acceptors (Lipinski definition) is 2. The van der Waals surface area contributed by atoms with Gasteiger partial charge in [-0.3, -0.25) is 0 Å². The SMILES string of the molecule is Cc1ccc(S(=O)(=O)NCCC(F)(F)F)cc1. The zero-order valence-corrected chi connectivity index (χ0v) is 9.90. The molecule has 0 radical (unpaired) electrons. The normalized spacial score (nSPS) is 12.7. The Balaban J connectivity index is 2.66. The third-order valence-electron chi connectivity index (χ3n) is 2.03. The van der Waals surface area contributed by atoms with E-state index >= 15 is 0 Å². The van der Waals surface area contributed by atoms with Crippen LogP contribution in [0.2, 0.25) is 0 Å². The third-order valence-corrected chi connectivity index (χ3v) is 3.51. The highest BCUT2D eigenvalue weighted by Gasteiger charge is 2.27. The Morgan fingerprint density at radius 2 is 1.71 bits per heavy atom. The Kier molecular flexibility index (Phi) is 4.16. The number of hydrogen-bond donors (Lipinski definition) is 1. The van der Waals surface area contributed by atoms with Gasteiger partial charge in [-0.25, -0.2) is 13.1 Å². The molecule has 96 valence electrons. The number of alkyl halides is 3. The molecule has 0 aliphatic heterocycles. The van der Waals surface area contributed by atoms with Crippen molar-refractivity contribution in [2.24, 2.45) is 0 Å². The predicted octanol–water partition coefficient (Wildman–Crippen LogP) is 2.23. The monoisotopic (exact) mass is 267 g/mol. The van der Waals surface area contributed by atoms with Crippen molar-refractivity contribution in [3.63, 3.8) is 0 Å². The van der Waals surface area contributed by atoms with Crippen LogP contribution in [0.15, 0.2) is 29.2 Å². The lowest BCUT2D eigenvalue weighted by Crippen LogP contribution is -2.28. The maximum Gasteiger partial charge on any atom is 0.390 e. The molecule has 7 heteroatoms. The number of halogens is 3. The second-order valence-electron chi connectivity index (χ2n) is 3.58. The first-order valence-electron chi connectivity index (χ1n) is 4.84. The molecule has 0 saturated carbocycles. The molecule has 1 rings (SSSR count). The topological polar surface area (TPSA) is 46.2 Å². The minimum absolute atomic E-state index is 0.0368. The number of benzene rings is 1. The van der Waals surface area contributed by atoms with Crippen LogP contribution in [0, 0.1) is 6.92 Å². The fourth-order valence-electron chi connectivity index (χ4n) is 1.13. The fraction of sp³-hybridized carbons (Fsp3) is 0.400. The third kappa shape index (κ3) is 4.74. The van der Waals surface area contributed by atoms with Gasteiger partial charge in [0.1, 0.15) is 0 Å². The van der Waals surface area contributed by atoms with Gasteiger partial charge >= 0.3 is 6.18 Å². The molecule has 0 aromatic heterocycles. The van der Waals surface area contributed by atoms with Gasteiger partial charge in [-0.15, -0.1) is 0 Å². The number of nitrogens with one attached hydrogen (secondary N) is 1. The van der Waals surface area contributed by atoms with Crippen molar-refractivity contribution >= 4 is 10.0 Å². The van der Waals surface area contributed by atoms with Gasteiger partial charge in [0.2, 0.25) is 10.0 Å². The molecule has 0 bridgehead atoms.